The van der Waals surface area contributed by atoms with Crippen LogP contribution in [0, 0.1) is 0 Å². The van der Waals surface area contributed by atoms with Crippen LogP contribution in [0.2, 0.25) is 0 Å². The molecular weight excluding hydrogens is 222 g/mol. The van der Waals surface area contributed by atoms with E-state index in [1.54, 1.807) is 0 Å². The van der Waals surface area contributed by atoms with E-state index in [0.29, 0.717) is 0 Å². The zero-order valence-corrected chi connectivity index (χ0v) is 10.5. The maximum absolute atomic E-state index is 5.76. The summed E-state index contributed by atoms with van der Waals surface area (Å²) in [5.74, 6) is 0. The first-order valence-corrected chi connectivity index (χ1v) is 6.50. The Kier molecular flexibility index (Phi) is 4.09. The van der Waals surface area contributed by atoms with Crippen LogP contribution in [-0.4, -0.2) is 52.6 Å². The molecule has 2 heterocycles. The Labute approximate surface area is 100 Å². The van der Waals surface area contributed by atoms with E-state index in [4.69, 9.17) is 5.73 Å². The van der Waals surface area contributed by atoms with Crippen LogP contribution in [0.25, 0.3) is 0 Å². The summed E-state index contributed by atoms with van der Waals surface area (Å²) < 4.78 is 3.84. The molecule has 0 aliphatic carbocycles. The van der Waals surface area contributed by atoms with Crippen molar-refractivity contribution >= 4 is 16.5 Å². The van der Waals surface area contributed by atoms with E-state index in [0.717, 1.165) is 30.3 Å². The predicted molar refractivity (Wildman–Crippen MR) is 66.3 cm³/mol. The molecule has 1 aliphatic heterocycles. The molecule has 0 aromatic carbocycles. The second-order valence-electron chi connectivity index (χ2n) is 4.37. The molecule has 0 unspecified atom stereocenters. The van der Waals surface area contributed by atoms with Gasteiger partial charge in [0.25, 0.3) is 0 Å². The summed E-state index contributed by atoms with van der Waals surface area (Å²) in [7, 11) is 2.11. The van der Waals surface area contributed by atoms with E-state index in [1.807, 2.05) is 0 Å². The van der Waals surface area contributed by atoms with E-state index in [-0.39, 0.29) is 0 Å². The molecule has 2 N–H and O–H groups in total. The summed E-state index contributed by atoms with van der Waals surface area (Å²) in [5.41, 5.74) is 6.67. The van der Waals surface area contributed by atoms with Crippen LogP contribution in [0.15, 0.2) is 0 Å². The summed E-state index contributed by atoms with van der Waals surface area (Å²) in [4.78, 5) is 4.77. The van der Waals surface area contributed by atoms with E-state index in [9.17, 15) is 0 Å². The van der Waals surface area contributed by atoms with Crippen molar-refractivity contribution in [3.8, 4) is 0 Å². The van der Waals surface area contributed by atoms with Gasteiger partial charge in [-0.3, -0.25) is 4.90 Å². The maximum atomic E-state index is 5.76. The molecule has 0 saturated carbocycles. The lowest BCUT2D eigenvalue weighted by atomic mass is 10.4. The molecule has 16 heavy (non-hydrogen) atoms. The minimum Gasteiger partial charge on any atom is -0.388 e. The third-order valence-electron chi connectivity index (χ3n) is 3.00. The quantitative estimate of drug-likeness (QED) is 0.820. The van der Waals surface area contributed by atoms with Gasteiger partial charge in [-0.25, -0.2) is 0 Å². The van der Waals surface area contributed by atoms with E-state index >= 15 is 0 Å². The SMILES string of the molecule is CN(CCN1CCCC1)Cc1nnsc1N. The smallest absolute Gasteiger partial charge is 0.132 e. The van der Waals surface area contributed by atoms with Crippen molar-refractivity contribution in [2.45, 2.75) is 19.4 Å². The van der Waals surface area contributed by atoms with Crippen LogP contribution in [0.3, 0.4) is 0 Å². The van der Waals surface area contributed by atoms with Gasteiger partial charge in [0.15, 0.2) is 0 Å². The fraction of sp³-hybridized carbons (Fsp3) is 0.800. The molecule has 1 fully saturated rings. The van der Waals surface area contributed by atoms with Gasteiger partial charge in [-0.15, -0.1) is 5.10 Å². The Balaban J connectivity index is 1.71. The zero-order chi connectivity index (χ0) is 11.4. The summed E-state index contributed by atoms with van der Waals surface area (Å²) in [6.45, 7) is 5.53. The van der Waals surface area contributed by atoms with Gasteiger partial charge in [-0.1, -0.05) is 4.49 Å². The number of likely N-dealkylation sites (N-methyl/N-ethyl adjacent to an activating group) is 1. The maximum Gasteiger partial charge on any atom is 0.132 e. The first-order chi connectivity index (χ1) is 7.75. The molecule has 0 radical (unpaired) electrons. The number of anilines is 1. The van der Waals surface area contributed by atoms with Crippen molar-refractivity contribution in [1.82, 2.24) is 19.4 Å². The predicted octanol–water partition coefficient (Wildman–Crippen LogP) is 0.648. The highest BCUT2D eigenvalue weighted by Gasteiger charge is 2.13. The topological polar surface area (TPSA) is 58.3 Å². The second kappa shape index (κ2) is 5.56. The van der Waals surface area contributed by atoms with E-state index in [2.05, 4.69) is 26.4 Å². The second-order valence-corrected chi connectivity index (χ2v) is 5.16. The van der Waals surface area contributed by atoms with Crippen LogP contribution in [0.5, 0.6) is 0 Å². The lowest BCUT2D eigenvalue weighted by molar-refractivity contribution is 0.251. The Bertz CT molecular complexity index is 321. The van der Waals surface area contributed by atoms with Gasteiger partial charge >= 0.3 is 0 Å². The van der Waals surface area contributed by atoms with Crippen molar-refractivity contribution in [2.75, 3.05) is 39.0 Å². The van der Waals surface area contributed by atoms with Gasteiger partial charge in [-0.05, 0) is 33.0 Å². The molecule has 0 bridgehead atoms. The van der Waals surface area contributed by atoms with Gasteiger partial charge < -0.3 is 10.6 Å². The van der Waals surface area contributed by atoms with Gasteiger partial charge in [0.1, 0.15) is 10.7 Å². The summed E-state index contributed by atoms with van der Waals surface area (Å²) in [5, 5.41) is 4.77. The Morgan fingerprint density at radius 1 is 1.44 bits per heavy atom. The van der Waals surface area contributed by atoms with Gasteiger partial charge in [0.05, 0.1) is 0 Å². The summed E-state index contributed by atoms with van der Waals surface area (Å²) >= 11 is 1.27. The normalized spacial score (nSPS) is 17.4. The minimum absolute atomic E-state index is 0.744. The highest BCUT2D eigenvalue weighted by Crippen LogP contribution is 2.14. The number of aromatic nitrogens is 2. The number of likely N-dealkylation sites (tertiary alicyclic amines) is 1. The van der Waals surface area contributed by atoms with Gasteiger partial charge in [-0.2, -0.15) is 0 Å². The average molecular weight is 241 g/mol. The Morgan fingerprint density at radius 3 is 2.81 bits per heavy atom. The average Bonchev–Trinajstić information content (AvgIpc) is 2.88. The highest BCUT2D eigenvalue weighted by molar-refractivity contribution is 7.09. The van der Waals surface area contributed by atoms with Crippen molar-refractivity contribution in [3.05, 3.63) is 5.69 Å². The van der Waals surface area contributed by atoms with Crippen LogP contribution >= 0.6 is 11.5 Å². The third kappa shape index (κ3) is 3.13. The third-order valence-corrected chi connectivity index (χ3v) is 3.60. The Hall–Kier alpha value is -0.720. The first-order valence-electron chi connectivity index (χ1n) is 5.73. The molecule has 2 rings (SSSR count). The highest BCUT2D eigenvalue weighted by atomic mass is 32.1. The molecular formula is C10H19N5S. The first kappa shape index (κ1) is 11.8. The van der Waals surface area contributed by atoms with Gasteiger partial charge in [0.2, 0.25) is 0 Å². The number of nitrogen functional groups attached to an aromatic ring is 1. The van der Waals surface area contributed by atoms with Crippen molar-refractivity contribution in [1.29, 1.82) is 0 Å². The van der Waals surface area contributed by atoms with Crippen molar-refractivity contribution in [3.63, 3.8) is 0 Å². The number of nitrogens with two attached hydrogens (primary N) is 1. The standard InChI is InChI=1S/C10H19N5S/c1-14(6-7-15-4-2-3-5-15)8-9-10(11)16-13-12-9/h2-8,11H2,1H3. The molecule has 0 atom stereocenters. The zero-order valence-electron chi connectivity index (χ0n) is 9.72. The van der Waals surface area contributed by atoms with Crippen LogP contribution in [0.1, 0.15) is 18.5 Å². The van der Waals surface area contributed by atoms with Crippen molar-refractivity contribution < 1.29 is 0 Å². The molecule has 0 spiro atoms. The van der Waals surface area contributed by atoms with Gasteiger partial charge in [0, 0.05) is 31.2 Å². The van der Waals surface area contributed by atoms with Crippen LogP contribution in [-0.2, 0) is 6.54 Å². The van der Waals surface area contributed by atoms with Crippen molar-refractivity contribution in [2.24, 2.45) is 0 Å². The molecule has 90 valence electrons. The molecule has 6 heteroatoms. The van der Waals surface area contributed by atoms with Crippen LogP contribution < -0.4 is 5.73 Å². The molecule has 1 aromatic rings. The Morgan fingerprint density at radius 2 is 2.19 bits per heavy atom. The van der Waals surface area contributed by atoms with Crippen LogP contribution in [0.4, 0.5) is 5.00 Å². The lowest BCUT2D eigenvalue weighted by Crippen LogP contribution is -2.31. The lowest BCUT2D eigenvalue weighted by Gasteiger charge is -2.20. The molecule has 1 saturated heterocycles. The van der Waals surface area contributed by atoms with E-state index < -0.39 is 0 Å². The molecule has 1 aliphatic rings. The fourth-order valence-electron chi connectivity index (χ4n) is 1.98. The molecule has 1 aromatic heterocycles. The summed E-state index contributed by atoms with van der Waals surface area (Å²) in [6, 6.07) is 0. The summed E-state index contributed by atoms with van der Waals surface area (Å²) in [6.07, 6.45) is 2.71. The monoisotopic (exact) mass is 241 g/mol. The molecule has 5 nitrogen and oxygen atoms in total. The number of hydrogen-bond donors (Lipinski definition) is 1. The number of hydrogen-bond acceptors (Lipinski definition) is 6. The number of rotatable bonds is 5. The van der Waals surface area contributed by atoms with E-state index in [1.165, 1.54) is 37.5 Å². The largest absolute Gasteiger partial charge is 0.388 e. The number of nitrogens with zero attached hydrogens (tertiary/aromatic N) is 4. The minimum atomic E-state index is 0.744. The fourth-order valence-corrected chi connectivity index (χ4v) is 2.42. The molecule has 0 amide bonds.